The van der Waals surface area contributed by atoms with Crippen molar-refractivity contribution in [3.63, 3.8) is 0 Å². The van der Waals surface area contributed by atoms with E-state index in [2.05, 4.69) is 15.3 Å². The van der Waals surface area contributed by atoms with Gasteiger partial charge in [0.25, 0.3) is 0 Å². The normalized spacial score (nSPS) is 12.3. The van der Waals surface area contributed by atoms with E-state index in [-0.39, 0.29) is 18.5 Å². The smallest absolute Gasteiger partial charge is 0.231 e. The lowest BCUT2D eigenvalue weighted by atomic mass is 10.2. The largest absolute Gasteiger partial charge is 0.454 e. The van der Waals surface area contributed by atoms with Gasteiger partial charge >= 0.3 is 0 Å². The van der Waals surface area contributed by atoms with Gasteiger partial charge in [0.2, 0.25) is 12.7 Å². The standard InChI is InChI=1S/C18H15N3O3S/c22-17(20-8-12-5-6-15-16(7-12)24-11-23-15)10-25-18-9-19-13-3-1-2-4-14(13)21-18/h1-7,9H,8,10-11H2,(H,20,22). The molecule has 2 heterocycles. The molecule has 0 saturated heterocycles. The number of hydrogen-bond donors (Lipinski definition) is 1. The van der Waals surface area contributed by atoms with Crippen LogP contribution >= 0.6 is 11.8 Å². The number of carbonyl (C=O) groups is 1. The number of aromatic nitrogens is 2. The third kappa shape index (κ3) is 3.66. The van der Waals surface area contributed by atoms with E-state index in [1.165, 1.54) is 11.8 Å². The first-order chi connectivity index (χ1) is 12.3. The first-order valence-corrected chi connectivity index (χ1v) is 8.76. The van der Waals surface area contributed by atoms with E-state index in [0.29, 0.717) is 12.3 Å². The number of amides is 1. The Morgan fingerprint density at radius 2 is 1.96 bits per heavy atom. The fourth-order valence-electron chi connectivity index (χ4n) is 2.45. The monoisotopic (exact) mass is 353 g/mol. The number of nitrogens with one attached hydrogen (secondary N) is 1. The number of ether oxygens (including phenoxy) is 2. The van der Waals surface area contributed by atoms with Crippen LogP contribution in [0.2, 0.25) is 0 Å². The highest BCUT2D eigenvalue weighted by molar-refractivity contribution is 7.99. The molecule has 7 heteroatoms. The Kier molecular flexibility index (Phi) is 4.39. The van der Waals surface area contributed by atoms with Crippen LogP contribution in [0, 0.1) is 0 Å². The molecule has 0 aliphatic carbocycles. The fraction of sp³-hybridized carbons (Fsp3) is 0.167. The van der Waals surface area contributed by atoms with Crippen molar-refractivity contribution in [3.05, 3.63) is 54.2 Å². The van der Waals surface area contributed by atoms with Crippen molar-refractivity contribution < 1.29 is 14.3 Å². The van der Waals surface area contributed by atoms with Gasteiger partial charge in [-0.2, -0.15) is 0 Å². The summed E-state index contributed by atoms with van der Waals surface area (Å²) in [5.74, 6) is 1.68. The van der Waals surface area contributed by atoms with Gasteiger partial charge in [-0.3, -0.25) is 9.78 Å². The predicted octanol–water partition coefficient (Wildman–Crippen LogP) is 2.77. The summed E-state index contributed by atoms with van der Waals surface area (Å²) in [5.41, 5.74) is 2.64. The van der Waals surface area contributed by atoms with Crippen LogP contribution < -0.4 is 14.8 Å². The topological polar surface area (TPSA) is 73.3 Å². The van der Waals surface area contributed by atoms with E-state index in [4.69, 9.17) is 9.47 Å². The number of thioether (sulfide) groups is 1. The maximum absolute atomic E-state index is 12.1. The Morgan fingerprint density at radius 1 is 1.12 bits per heavy atom. The number of carbonyl (C=O) groups excluding carboxylic acids is 1. The van der Waals surface area contributed by atoms with Crippen molar-refractivity contribution in [3.8, 4) is 11.5 Å². The summed E-state index contributed by atoms with van der Waals surface area (Å²) in [6, 6.07) is 13.3. The molecule has 6 nitrogen and oxygen atoms in total. The van der Waals surface area contributed by atoms with Crippen LogP contribution in [-0.2, 0) is 11.3 Å². The van der Waals surface area contributed by atoms with Gasteiger partial charge in [0.1, 0.15) is 5.03 Å². The van der Waals surface area contributed by atoms with E-state index >= 15 is 0 Å². The Morgan fingerprint density at radius 3 is 2.88 bits per heavy atom. The third-order valence-electron chi connectivity index (χ3n) is 3.70. The van der Waals surface area contributed by atoms with Crippen LogP contribution in [0.15, 0.2) is 53.7 Å². The molecule has 0 spiro atoms. The minimum absolute atomic E-state index is 0.0578. The summed E-state index contributed by atoms with van der Waals surface area (Å²) in [6.45, 7) is 0.689. The maximum atomic E-state index is 12.1. The first kappa shape index (κ1) is 15.7. The minimum atomic E-state index is -0.0578. The molecule has 0 saturated carbocycles. The average molecular weight is 353 g/mol. The molecule has 0 radical (unpaired) electrons. The number of nitrogens with zero attached hydrogens (tertiary/aromatic N) is 2. The number of rotatable bonds is 5. The number of para-hydroxylation sites is 2. The maximum Gasteiger partial charge on any atom is 0.231 e. The van der Waals surface area contributed by atoms with Gasteiger partial charge in [-0.25, -0.2) is 4.98 Å². The molecule has 25 heavy (non-hydrogen) atoms. The Bertz CT molecular complexity index is 932. The van der Waals surface area contributed by atoms with E-state index < -0.39 is 0 Å². The molecule has 4 rings (SSSR count). The zero-order valence-corrected chi connectivity index (χ0v) is 14.1. The van der Waals surface area contributed by atoms with Gasteiger partial charge in [-0.05, 0) is 29.8 Å². The number of benzene rings is 2. The molecular formula is C18H15N3O3S. The summed E-state index contributed by atoms with van der Waals surface area (Å²) in [5, 5.41) is 3.63. The Labute approximate surface area is 148 Å². The van der Waals surface area contributed by atoms with E-state index in [1.807, 2.05) is 42.5 Å². The van der Waals surface area contributed by atoms with E-state index in [0.717, 1.165) is 27.4 Å². The van der Waals surface area contributed by atoms with Crippen molar-refractivity contribution in [2.75, 3.05) is 12.5 Å². The molecule has 1 amide bonds. The van der Waals surface area contributed by atoms with Crippen LogP contribution in [0.1, 0.15) is 5.56 Å². The zero-order valence-electron chi connectivity index (χ0n) is 13.3. The van der Waals surface area contributed by atoms with Crippen LogP contribution in [0.5, 0.6) is 11.5 Å². The number of hydrogen-bond acceptors (Lipinski definition) is 6. The lowest BCUT2D eigenvalue weighted by Crippen LogP contribution is -2.24. The summed E-state index contributed by atoms with van der Waals surface area (Å²) >= 11 is 1.37. The molecule has 3 aromatic rings. The summed E-state index contributed by atoms with van der Waals surface area (Å²) in [7, 11) is 0. The lowest BCUT2D eigenvalue weighted by molar-refractivity contribution is -0.118. The highest BCUT2D eigenvalue weighted by Crippen LogP contribution is 2.32. The quantitative estimate of drug-likeness (QED) is 0.711. The molecule has 1 N–H and O–H groups in total. The van der Waals surface area contributed by atoms with Crippen LogP contribution in [0.4, 0.5) is 0 Å². The zero-order chi connectivity index (χ0) is 17.1. The van der Waals surface area contributed by atoms with Crippen molar-refractivity contribution in [2.24, 2.45) is 0 Å². The number of fused-ring (bicyclic) bond motifs is 2. The molecule has 126 valence electrons. The molecule has 2 aromatic carbocycles. The molecule has 0 bridgehead atoms. The highest BCUT2D eigenvalue weighted by atomic mass is 32.2. The molecule has 1 aromatic heterocycles. The van der Waals surface area contributed by atoms with Crippen LogP contribution in [0.25, 0.3) is 11.0 Å². The molecule has 1 aliphatic rings. The first-order valence-electron chi connectivity index (χ1n) is 7.78. The summed E-state index contributed by atoms with van der Waals surface area (Å²) in [4.78, 5) is 20.9. The van der Waals surface area contributed by atoms with Crippen molar-refractivity contribution in [2.45, 2.75) is 11.6 Å². The van der Waals surface area contributed by atoms with Gasteiger partial charge < -0.3 is 14.8 Å². The van der Waals surface area contributed by atoms with Gasteiger partial charge in [-0.1, -0.05) is 30.0 Å². The van der Waals surface area contributed by atoms with Crippen molar-refractivity contribution in [1.29, 1.82) is 0 Å². The second kappa shape index (κ2) is 6.98. The van der Waals surface area contributed by atoms with Gasteiger partial charge in [0.05, 0.1) is 23.0 Å². The lowest BCUT2D eigenvalue weighted by Gasteiger charge is -2.06. The van der Waals surface area contributed by atoms with Crippen molar-refractivity contribution >= 4 is 28.7 Å². The Balaban J connectivity index is 1.31. The van der Waals surface area contributed by atoms with E-state index in [1.54, 1.807) is 6.20 Å². The van der Waals surface area contributed by atoms with Crippen LogP contribution in [0.3, 0.4) is 0 Å². The average Bonchev–Trinajstić information content (AvgIpc) is 3.12. The third-order valence-corrected chi connectivity index (χ3v) is 4.60. The summed E-state index contributed by atoms with van der Waals surface area (Å²) < 4.78 is 10.6. The summed E-state index contributed by atoms with van der Waals surface area (Å²) in [6.07, 6.45) is 1.69. The van der Waals surface area contributed by atoms with Crippen molar-refractivity contribution in [1.82, 2.24) is 15.3 Å². The molecular weight excluding hydrogens is 338 g/mol. The molecule has 0 atom stereocenters. The molecule has 1 aliphatic heterocycles. The molecule has 0 unspecified atom stereocenters. The highest BCUT2D eigenvalue weighted by Gasteiger charge is 2.13. The van der Waals surface area contributed by atoms with Crippen LogP contribution in [-0.4, -0.2) is 28.4 Å². The van der Waals surface area contributed by atoms with Gasteiger partial charge in [0.15, 0.2) is 11.5 Å². The van der Waals surface area contributed by atoms with E-state index in [9.17, 15) is 4.79 Å². The van der Waals surface area contributed by atoms with Gasteiger partial charge in [0, 0.05) is 6.54 Å². The SMILES string of the molecule is O=C(CSc1cnc2ccccc2n1)NCc1ccc2c(c1)OCO2. The predicted molar refractivity (Wildman–Crippen MR) is 94.7 cm³/mol. The van der Waals surface area contributed by atoms with Gasteiger partial charge in [-0.15, -0.1) is 0 Å². The second-order valence-electron chi connectivity index (χ2n) is 5.45. The second-order valence-corrected chi connectivity index (χ2v) is 6.45. The Hall–Kier alpha value is -2.80. The minimum Gasteiger partial charge on any atom is -0.454 e. The molecule has 0 fully saturated rings. The fourth-order valence-corrected chi connectivity index (χ4v) is 3.12.